The minimum absolute atomic E-state index is 0.263. The Morgan fingerprint density at radius 3 is 2.04 bits per heavy atom. The van der Waals surface area contributed by atoms with E-state index in [0.29, 0.717) is 0 Å². The number of fused-ring (bicyclic) bond motifs is 8. The summed E-state index contributed by atoms with van der Waals surface area (Å²) >= 11 is 1.83. The molecule has 0 spiro atoms. The van der Waals surface area contributed by atoms with Crippen LogP contribution in [0, 0.1) is 5.82 Å². The first kappa shape index (κ1) is 30.0. The fourth-order valence-electron chi connectivity index (χ4n) is 8.10. The molecule has 0 N–H and O–H groups in total. The lowest BCUT2D eigenvalue weighted by Gasteiger charge is -2.27. The van der Waals surface area contributed by atoms with Crippen LogP contribution in [0.25, 0.3) is 69.9 Å². The summed E-state index contributed by atoms with van der Waals surface area (Å²) in [6.07, 6.45) is 0. The molecule has 1 aliphatic rings. The first-order chi connectivity index (χ1) is 26.2. The molecule has 0 saturated heterocycles. The molecule has 5 heteroatoms. The molecular weight excluding hydrogens is 672 g/mol. The Kier molecular flexibility index (Phi) is 6.60. The number of rotatable bonds is 5. The van der Waals surface area contributed by atoms with Crippen LogP contribution in [-0.2, 0) is 0 Å². The summed E-state index contributed by atoms with van der Waals surface area (Å²) in [5, 5.41) is 4.33. The smallest absolute Gasteiger partial charge is 0.152 e. The fraction of sp³-hybridized carbons (Fsp3) is 0. The Morgan fingerprint density at radius 1 is 0.509 bits per heavy atom. The number of anilines is 3. The largest absolute Gasteiger partial charge is 0.453 e. The summed E-state index contributed by atoms with van der Waals surface area (Å²) in [6.45, 7) is 0. The van der Waals surface area contributed by atoms with Gasteiger partial charge in [-0.05, 0) is 107 Å². The highest BCUT2D eigenvalue weighted by Gasteiger charge is 2.26. The second-order valence-corrected chi connectivity index (χ2v) is 14.5. The molecule has 3 heterocycles. The van der Waals surface area contributed by atoms with E-state index in [1.54, 1.807) is 6.07 Å². The monoisotopic (exact) mass is 700 g/mol. The van der Waals surface area contributed by atoms with Gasteiger partial charge in [0.2, 0.25) is 0 Å². The molecular formula is C48H29FN2OS. The van der Waals surface area contributed by atoms with E-state index in [-0.39, 0.29) is 5.82 Å². The number of halogens is 1. The third-order valence-corrected chi connectivity index (χ3v) is 11.6. The van der Waals surface area contributed by atoms with Crippen LogP contribution in [0.5, 0.6) is 11.5 Å². The minimum Gasteiger partial charge on any atom is -0.453 e. The van der Waals surface area contributed by atoms with Gasteiger partial charge in [-0.15, -0.1) is 11.3 Å². The van der Waals surface area contributed by atoms with Crippen LogP contribution >= 0.6 is 11.3 Å². The molecule has 0 bridgehead atoms. The molecule has 0 aliphatic carbocycles. The summed E-state index contributed by atoms with van der Waals surface area (Å²) in [4.78, 5) is 2.36. The Bertz CT molecular complexity index is 3040. The zero-order chi connectivity index (χ0) is 35.0. The standard InChI is InChI=1S/C48H29FN2OS/c49-33-21-27-39-38(29-33)46-36(26-28-43-48(46)51(39)40-12-5-6-14-42(40)52-43)32-19-24-35(25-20-32)50(34-22-17-31(18-23-34)30-9-2-1-3-10-30)41-13-8-16-45-47(41)37-11-4-7-15-44(37)53-45/h1-29H. The average Bonchev–Trinajstić information content (AvgIpc) is 3.76. The Hall–Kier alpha value is -6.69. The van der Waals surface area contributed by atoms with Crippen LogP contribution in [0.2, 0.25) is 0 Å². The minimum atomic E-state index is -0.263. The molecule has 2 aromatic heterocycles. The van der Waals surface area contributed by atoms with E-state index < -0.39 is 0 Å². The molecule has 8 aromatic carbocycles. The van der Waals surface area contributed by atoms with Crippen LogP contribution < -0.4 is 9.64 Å². The Morgan fingerprint density at radius 2 is 1.21 bits per heavy atom. The van der Waals surface area contributed by atoms with Gasteiger partial charge in [0.1, 0.15) is 5.82 Å². The molecule has 11 rings (SSSR count). The number of para-hydroxylation sites is 2. The number of benzene rings is 8. The molecule has 0 radical (unpaired) electrons. The van der Waals surface area contributed by atoms with Crippen LogP contribution in [0.15, 0.2) is 176 Å². The summed E-state index contributed by atoms with van der Waals surface area (Å²) in [7, 11) is 0. The van der Waals surface area contributed by atoms with E-state index in [0.717, 1.165) is 67.2 Å². The highest BCUT2D eigenvalue weighted by atomic mass is 32.1. The summed E-state index contributed by atoms with van der Waals surface area (Å²) in [5.41, 5.74) is 10.5. The highest BCUT2D eigenvalue weighted by molar-refractivity contribution is 7.26. The molecule has 0 amide bonds. The van der Waals surface area contributed by atoms with Crippen LogP contribution in [0.4, 0.5) is 21.5 Å². The lowest BCUT2D eigenvalue weighted by Crippen LogP contribution is -2.10. The van der Waals surface area contributed by atoms with E-state index in [2.05, 4.69) is 137 Å². The fourth-order valence-corrected chi connectivity index (χ4v) is 9.23. The van der Waals surface area contributed by atoms with E-state index >= 15 is 0 Å². The topological polar surface area (TPSA) is 17.4 Å². The number of aromatic nitrogens is 1. The van der Waals surface area contributed by atoms with Crippen molar-refractivity contribution in [3.8, 4) is 39.4 Å². The lowest BCUT2D eigenvalue weighted by atomic mass is 9.98. The molecule has 53 heavy (non-hydrogen) atoms. The molecule has 0 atom stereocenters. The SMILES string of the molecule is Fc1ccc2c(c1)c1c(-c3ccc(N(c4ccc(-c5ccccc5)cc4)c4cccc5sc6ccccc6c45)cc3)ccc3c1n2-c1ccccc1O3. The number of nitrogens with zero attached hydrogens (tertiary/aromatic N) is 2. The van der Waals surface area contributed by atoms with E-state index in [9.17, 15) is 4.39 Å². The molecule has 3 nitrogen and oxygen atoms in total. The van der Waals surface area contributed by atoms with Crippen molar-refractivity contribution < 1.29 is 9.13 Å². The Labute approximate surface area is 309 Å². The lowest BCUT2D eigenvalue weighted by molar-refractivity contribution is 0.476. The molecule has 1 aliphatic heterocycles. The average molecular weight is 701 g/mol. The predicted octanol–water partition coefficient (Wildman–Crippen LogP) is 14.2. The van der Waals surface area contributed by atoms with Crippen molar-refractivity contribution in [1.82, 2.24) is 4.57 Å². The van der Waals surface area contributed by atoms with Gasteiger partial charge < -0.3 is 14.2 Å². The van der Waals surface area contributed by atoms with Crippen molar-refractivity contribution in [3.63, 3.8) is 0 Å². The zero-order valence-electron chi connectivity index (χ0n) is 28.3. The second-order valence-electron chi connectivity index (χ2n) is 13.4. The molecule has 0 saturated carbocycles. The number of hydrogen-bond acceptors (Lipinski definition) is 3. The quantitative estimate of drug-likeness (QED) is 0.178. The summed E-state index contributed by atoms with van der Waals surface area (Å²) < 4.78 is 26.1. The van der Waals surface area contributed by atoms with Crippen molar-refractivity contribution in [2.45, 2.75) is 0 Å². The predicted molar refractivity (Wildman–Crippen MR) is 219 cm³/mol. The van der Waals surface area contributed by atoms with Gasteiger partial charge in [-0.25, -0.2) is 4.39 Å². The molecule has 0 unspecified atom stereocenters. The van der Waals surface area contributed by atoms with Crippen molar-refractivity contribution in [2.24, 2.45) is 0 Å². The van der Waals surface area contributed by atoms with Crippen LogP contribution in [0.1, 0.15) is 0 Å². The summed E-state index contributed by atoms with van der Waals surface area (Å²) in [5.74, 6) is 1.28. The van der Waals surface area contributed by atoms with Crippen molar-refractivity contribution in [2.75, 3.05) is 4.90 Å². The van der Waals surface area contributed by atoms with Crippen molar-refractivity contribution in [1.29, 1.82) is 0 Å². The maximum atomic E-state index is 14.9. The normalized spacial score (nSPS) is 12.0. The number of ether oxygens (including phenoxy) is 1. The van der Waals surface area contributed by atoms with Crippen LogP contribution in [0.3, 0.4) is 0 Å². The van der Waals surface area contributed by atoms with Gasteiger partial charge >= 0.3 is 0 Å². The molecule has 0 fully saturated rings. The van der Waals surface area contributed by atoms with Gasteiger partial charge in [0.05, 0.1) is 22.4 Å². The van der Waals surface area contributed by atoms with Gasteiger partial charge in [0.25, 0.3) is 0 Å². The van der Waals surface area contributed by atoms with E-state index in [1.165, 1.54) is 37.4 Å². The van der Waals surface area contributed by atoms with Crippen LogP contribution in [-0.4, -0.2) is 4.57 Å². The first-order valence-electron chi connectivity index (χ1n) is 17.7. The first-order valence-corrected chi connectivity index (χ1v) is 18.5. The van der Waals surface area contributed by atoms with E-state index in [4.69, 9.17) is 4.74 Å². The number of thiophene rings is 1. The van der Waals surface area contributed by atoms with Gasteiger partial charge in [-0.3, -0.25) is 0 Å². The van der Waals surface area contributed by atoms with Crippen molar-refractivity contribution >= 4 is 70.4 Å². The Balaban J connectivity index is 1.09. The van der Waals surface area contributed by atoms with Gasteiger partial charge in [0.15, 0.2) is 11.5 Å². The second kappa shape index (κ2) is 11.7. The third-order valence-electron chi connectivity index (χ3n) is 10.5. The van der Waals surface area contributed by atoms with E-state index in [1.807, 2.05) is 47.7 Å². The maximum absolute atomic E-state index is 14.9. The van der Waals surface area contributed by atoms with Gasteiger partial charge in [-0.2, -0.15) is 0 Å². The zero-order valence-corrected chi connectivity index (χ0v) is 29.1. The van der Waals surface area contributed by atoms with Gasteiger partial charge in [0, 0.05) is 42.3 Å². The highest BCUT2D eigenvalue weighted by Crippen LogP contribution is 2.49. The van der Waals surface area contributed by atoms with Crippen molar-refractivity contribution in [3.05, 3.63) is 182 Å². The molecule has 250 valence electrons. The number of hydrogen-bond donors (Lipinski definition) is 0. The summed E-state index contributed by atoms with van der Waals surface area (Å²) in [6, 6.07) is 60.6. The maximum Gasteiger partial charge on any atom is 0.152 e. The molecule has 10 aromatic rings. The van der Waals surface area contributed by atoms with Gasteiger partial charge in [-0.1, -0.05) is 91.0 Å². The third kappa shape index (κ3) is 4.64.